The molecule has 0 saturated carbocycles. The van der Waals surface area contributed by atoms with E-state index in [1.54, 1.807) is 6.21 Å². The second-order valence-corrected chi connectivity index (χ2v) is 15.1. The fourth-order valence-electron chi connectivity index (χ4n) is 6.55. The summed E-state index contributed by atoms with van der Waals surface area (Å²) in [5.41, 5.74) is 5.73. The van der Waals surface area contributed by atoms with Gasteiger partial charge in [-0.15, -0.1) is 0 Å². The molecule has 2 aliphatic heterocycles. The van der Waals surface area contributed by atoms with Crippen LogP contribution in [0.1, 0.15) is 84.5 Å². The van der Waals surface area contributed by atoms with Gasteiger partial charge in [-0.05, 0) is 57.8 Å². The number of nitrogens with zero attached hydrogens (tertiary/aromatic N) is 2. The summed E-state index contributed by atoms with van der Waals surface area (Å²) in [4.78, 5) is 155. The first-order valence-corrected chi connectivity index (χ1v) is 20.0. The van der Waals surface area contributed by atoms with Gasteiger partial charge in [0.2, 0.25) is 41.4 Å². The van der Waals surface area contributed by atoms with Crippen molar-refractivity contribution < 1.29 is 83.1 Å². The number of hydrogen-bond donors (Lipinski definition) is 12. The van der Waals surface area contributed by atoms with Crippen LogP contribution in [0.2, 0.25) is 0 Å². The first-order chi connectivity index (χ1) is 29.5. The van der Waals surface area contributed by atoms with Gasteiger partial charge in [0.1, 0.15) is 42.3 Å². The van der Waals surface area contributed by atoms with Crippen LogP contribution in [0.25, 0.3) is 0 Å². The summed E-state index contributed by atoms with van der Waals surface area (Å²) in [6, 6.07) is -12.1. The lowest BCUT2D eigenvalue weighted by atomic mass is 10.0. The molecule has 26 nitrogen and oxygen atoms in total. The molecule has 9 unspecified atom stereocenters. The van der Waals surface area contributed by atoms with Gasteiger partial charge in [0.25, 0.3) is 0 Å². The summed E-state index contributed by atoms with van der Waals surface area (Å²) in [5.74, 6) is -14.6. The minimum atomic E-state index is -1.97. The van der Waals surface area contributed by atoms with E-state index in [-0.39, 0.29) is 50.6 Å². The van der Waals surface area contributed by atoms with Crippen molar-refractivity contribution >= 4 is 77.4 Å². The summed E-state index contributed by atoms with van der Waals surface area (Å²) in [6.45, 7) is 3.06. The first kappa shape index (κ1) is 52.4. The molecule has 2 heterocycles. The summed E-state index contributed by atoms with van der Waals surface area (Å²) < 4.78 is 0. The number of carboxylic acid groups (broad SMARTS) is 5. The third-order valence-electron chi connectivity index (χ3n) is 9.99. The van der Waals surface area contributed by atoms with E-state index >= 15 is 0 Å². The Kier molecular flexibility index (Phi) is 21.0. The van der Waals surface area contributed by atoms with Crippen molar-refractivity contribution in [1.82, 2.24) is 36.8 Å². The SMILES string of the molecule is CC(NC(=O)C(CC(=O)O)NC(=O)C(CCC(=O)O)NC(=O)C(CC(=O)O)NC(=O)C1CCCN1C(=O)C(CCCCNC(=O)C1N=CCC1C)NC(=O)C(N)CC(=O)O)C(=O)O. The number of aliphatic carboxylic acids is 5. The fourth-order valence-corrected chi connectivity index (χ4v) is 6.55. The largest absolute Gasteiger partial charge is 0.481 e. The molecule has 2 aliphatic rings. The van der Waals surface area contributed by atoms with Crippen LogP contribution >= 0.6 is 0 Å². The molecule has 0 radical (unpaired) electrons. The minimum Gasteiger partial charge on any atom is -0.481 e. The lowest BCUT2D eigenvalue weighted by molar-refractivity contribution is -0.144. The van der Waals surface area contributed by atoms with Crippen LogP contribution in [0.5, 0.6) is 0 Å². The van der Waals surface area contributed by atoms with Crippen molar-refractivity contribution in [3.8, 4) is 0 Å². The van der Waals surface area contributed by atoms with E-state index in [0.29, 0.717) is 12.8 Å². The molecule has 7 amide bonds. The summed E-state index contributed by atoms with van der Waals surface area (Å²) in [6.07, 6.45) is -1.39. The topological polar surface area (TPSA) is 420 Å². The maximum Gasteiger partial charge on any atom is 0.325 e. The van der Waals surface area contributed by atoms with Crippen molar-refractivity contribution in [3.63, 3.8) is 0 Å². The number of rotatable bonds is 27. The molecule has 0 aliphatic carbocycles. The molecule has 13 N–H and O–H groups in total. The lowest BCUT2D eigenvalue weighted by Crippen LogP contribution is -2.60. The zero-order chi connectivity index (χ0) is 47.6. The first-order valence-electron chi connectivity index (χ1n) is 20.0. The number of likely N-dealkylation sites (tertiary alicyclic amines) is 1. The van der Waals surface area contributed by atoms with Crippen LogP contribution in [0.4, 0.5) is 0 Å². The second-order valence-electron chi connectivity index (χ2n) is 15.1. The smallest absolute Gasteiger partial charge is 0.325 e. The number of nitrogens with two attached hydrogens (primary N) is 1. The predicted octanol–water partition coefficient (Wildman–Crippen LogP) is -4.11. The molecule has 0 aromatic heterocycles. The number of carbonyl (C=O) groups excluding carboxylic acids is 7. The zero-order valence-electron chi connectivity index (χ0n) is 34.6. The molecule has 26 heteroatoms. The molecule has 0 spiro atoms. The van der Waals surface area contributed by atoms with Gasteiger partial charge in [-0.2, -0.15) is 0 Å². The third kappa shape index (κ3) is 17.6. The quantitative estimate of drug-likeness (QED) is 0.0349. The molecule has 350 valence electrons. The highest BCUT2D eigenvalue weighted by Crippen LogP contribution is 2.21. The zero-order valence-corrected chi connectivity index (χ0v) is 34.6. The standard InChI is InChI=1S/C37H55N9O17/c1-17-10-12-39-29(17)35(60)40-11-4-3-6-21(43-30(55)19(38)14-26(49)50)36(61)46-13-5-7-24(46)34(59)45-23(16-28(53)54)33(58)42-20(8-9-25(47)48)31(56)44-22(15-27(51)52)32(57)41-18(2)37(62)63/h12,17-24,29H,3-11,13-16,38H2,1-2H3,(H,40,60)(H,41,57)(H,42,58)(H,43,55)(H,44,56)(H,45,59)(H,47,48)(H,49,50)(H,51,52)(H,53,54)(H,62,63). The van der Waals surface area contributed by atoms with Crippen molar-refractivity contribution in [3.05, 3.63) is 0 Å². The number of carboxylic acids is 5. The molecule has 1 fully saturated rings. The molecule has 1 saturated heterocycles. The Labute approximate surface area is 359 Å². The number of hydrogen-bond acceptors (Lipinski definition) is 14. The monoisotopic (exact) mass is 897 g/mol. The van der Waals surface area contributed by atoms with Gasteiger partial charge < -0.3 is 68.1 Å². The average molecular weight is 898 g/mol. The van der Waals surface area contributed by atoms with Crippen LogP contribution in [-0.2, 0) is 57.5 Å². The highest BCUT2D eigenvalue weighted by molar-refractivity contribution is 5.99. The van der Waals surface area contributed by atoms with Crippen LogP contribution in [-0.4, -0.2) is 169 Å². The molecular formula is C37H55N9O17. The van der Waals surface area contributed by atoms with E-state index in [2.05, 4.69) is 26.3 Å². The molecule has 63 heavy (non-hydrogen) atoms. The Bertz CT molecular complexity index is 1790. The molecular weight excluding hydrogens is 842 g/mol. The van der Waals surface area contributed by atoms with Crippen LogP contribution in [0.15, 0.2) is 4.99 Å². The van der Waals surface area contributed by atoms with Crippen molar-refractivity contribution in [1.29, 1.82) is 0 Å². The Morgan fingerprint density at radius 3 is 1.79 bits per heavy atom. The van der Waals surface area contributed by atoms with E-state index in [1.807, 2.05) is 17.6 Å². The Balaban J connectivity index is 2.27. The average Bonchev–Trinajstić information content (AvgIpc) is 3.86. The maximum absolute atomic E-state index is 14.0. The highest BCUT2D eigenvalue weighted by atomic mass is 16.4. The van der Waals surface area contributed by atoms with E-state index < -0.39 is 146 Å². The predicted molar refractivity (Wildman–Crippen MR) is 212 cm³/mol. The molecule has 2 rings (SSSR count). The number of unbranched alkanes of at least 4 members (excludes halogenated alkanes) is 1. The minimum absolute atomic E-state index is 0.0105. The van der Waals surface area contributed by atoms with E-state index in [9.17, 15) is 72.9 Å². The van der Waals surface area contributed by atoms with Crippen LogP contribution in [0.3, 0.4) is 0 Å². The van der Waals surface area contributed by atoms with Crippen LogP contribution in [0, 0.1) is 5.92 Å². The molecule has 0 bridgehead atoms. The Morgan fingerprint density at radius 2 is 1.24 bits per heavy atom. The number of aliphatic imine (C=N–C) groups is 1. The maximum atomic E-state index is 14.0. The Morgan fingerprint density at radius 1 is 0.683 bits per heavy atom. The van der Waals surface area contributed by atoms with Gasteiger partial charge >= 0.3 is 29.8 Å². The molecule has 0 aromatic carbocycles. The van der Waals surface area contributed by atoms with E-state index in [0.717, 1.165) is 11.8 Å². The van der Waals surface area contributed by atoms with Gasteiger partial charge in [-0.3, -0.25) is 62.5 Å². The summed E-state index contributed by atoms with van der Waals surface area (Å²) in [5, 5.41) is 59.9. The van der Waals surface area contributed by atoms with Crippen molar-refractivity contribution in [2.45, 2.75) is 133 Å². The van der Waals surface area contributed by atoms with Gasteiger partial charge in [0.05, 0.1) is 25.3 Å². The van der Waals surface area contributed by atoms with Gasteiger partial charge in [0.15, 0.2) is 0 Å². The summed E-state index contributed by atoms with van der Waals surface area (Å²) in [7, 11) is 0. The van der Waals surface area contributed by atoms with E-state index in [4.69, 9.17) is 15.9 Å². The molecule has 0 aromatic rings. The third-order valence-corrected chi connectivity index (χ3v) is 9.99. The fraction of sp³-hybridized carbons (Fsp3) is 0.649. The van der Waals surface area contributed by atoms with Gasteiger partial charge in [-0.1, -0.05) is 6.92 Å². The number of amides is 7. The lowest BCUT2D eigenvalue weighted by Gasteiger charge is -2.30. The van der Waals surface area contributed by atoms with E-state index in [1.165, 1.54) is 0 Å². The van der Waals surface area contributed by atoms with Crippen molar-refractivity contribution in [2.24, 2.45) is 16.6 Å². The van der Waals surface area contributed by atoms with Gasteiger partial charge in [-0.25, -0.2) is 0 Å². The number of nitrogens with one attached hydrogen (secondary N) is 6. The highest BCUT2D eigenvalue weighted by Gasteiger charge is 2.40. The normalized spacial score (nSPS) is 19.5. The second kappa shape index (κ2) is 25.3. The summed E-state index contributed by atoms with van der Waals surface area (Å²) >= 11 is 0. The van der Waals surface area contributed by atoms with Crippen LogP contribution < -0.4 is 37.6 Å². The number of carbonyl (C=O) groups is 12. The Hall–Kier alpha value is -6.73. The molecule has 9 atom stereocenters. The van der Waals surface area contributed by atoms with Crippen molar-refractivity contribution in [2.75, 3.05) is 13.1 Å². The van der Waals surface area contributed by atoms with Gasteiger partial charge in [0, 0.05) is 25.7 Å².